The van der Waals surface area contributed by atoms with Crippen molar-refractivity contribution in [2.24, 2.45) is 0 Å². The second-order valence-corrected chi connectivity index (χ2v) is 3.24. The molecule has 0 aromatic carbocycles. The Balaban J connectivity index is 2.50. The highest BCUT2D eigenvalue weighted by molar-refractivity contribution is 7.12. The number of hydrogen-bond donors (Lipinski definition) is 1. The molecule has 0 atom stereocenters. The minimum absolute atomic E-state index is 0.558. The van der Waals surface area contributed by atoms with Gasteiger partial charge in [0.15, 0.2) is 5.13 Å². The van der Waals surface area contributed by atoms with Gasteiger partial charge in [0.25, 0.3) is 0 Å². The van der Waals surface area contributed by atoms with E-state index in [1.165, 1.54) is 11.3 Å². The predicted octanol–water partition coefficient (Wildman–Crippen LogP) is 1.22. The number of aromatic nitrogens is 3. The maximum Gasteiger partial charge on any atom is 0.197 e. The summed E-state index contributed by atoms with van der Waals surface area (Å²) in [5, 5.41) is 2.68. The summed E-state index contributed by atoms with van der Waals surface area (Å²) in [7, 11) is 0. The van der Waals surface area contributed by atoms with Crippen LogP contribution in [-0.2, 0) is 0 Å². The molecule has 0 radical (unpaired) electrons. The Bertz CT molecular complexity index is 390. The molecule has 2 aromatic heterocycles. The Morgan fingerprint density at radius 2 is 2.42 bits per heavy atom. The van der Waals surface area contributed by atoms with Gasteiger partial charge in [0.05, 0.1) is 0 Å². The van der Waals surface area contributed by atoms with E-state index in [1.54, 1.807) is 6.20 Å². The summed E-state index contributed by atoms with van der Waals surface area (Å²) in [4.78, 5) is 8.22. The van der Waals surface area contributed by atoms with Crippen LogP contribution in [0.5, 0.6) is 0 Å². The Morgan fingerprint density at radius 3 is 2.92 bits per heavy atom. The topological polar surface area (TPSA) is 56.7 Å². The van der Waals surface area contributed by atoms with Gasteiger partial charge in [0.1, 0.15) is 11.6 Å². The van der Waals surface area contributed by atoms with Crippen molar-refractivity contribution in [3.05, 3.63) is 23.6 Å². The number of rotatable bonds is 1. The van der Waals surface area contributed by atoms with Gasteiger partial charge in [-0.05, 0) is 6.92 Å². The highest BCUT2D eigenvalue weighted by Gasteiger charge is 2.03. The second kappa shape index (κ2) is 2.60. The van der Waals surface area contributed by atoms with Crippen molar-refractivity contribution in [1.82, 2.24) is 14.5 Å². The maximum absolute atomic E-state index is 5.50. The molecule has 12 heavy (non-hydrogen) atoms. The summed E-state index contributed by atoms with van der Waals surface area (Å²) in [5.74, 6) is 1.48. The molecular formula is C7H8N4S. The van der Waals surface area contributed by atoms with Crippen LogP contribution in [-0.4, -0.2) is 14.5 Å². The molecular weight excluding hydrogens is 172 g/mol. The van der Waals surface area contributed by atoms with Crippen LogP contribution < -0.4 is 5.73 Å². The van der Waals surface area contributed by atoms with Gasteiger partial charge in [-0.2, -0.15) is 0 Å². The molecule has 2 aromatic rings. The SMILES string of the molecule is Cc1nccn1-c1nc(N)cs1. The summed E-state index contributed by atoms with van der Waals surface area (Å²) in [5.41, 5.74) is 5.50. The number of anilines is 1. The Labute approximate surface area is 73.7 Å². The number of aryl methyl sites for hydroxylation is 1. The van der Waals surface area contributed by atoms with Crippen LogP contribution in [0.3, 0.4) is 0 Å². The largest absolute Gasteiger partial charge is 0.383 e. The average molecular weight is 180 g/mol. The van der Waals surface area contributed by atoms with Crippen molar-refractivity contribution in [3.8, 4) is 5.13 Å². The van der Waals surface area contributed by atoms with Crippen LogP contribution in [0.4, 0.5) is 5.82 Å². The van der Waals surface area contributed by atoms with Crippen molar-refractivity contribution in [2.75, 3.05) is 5.73 Å². The lowest BCUT2D eigenvalue weighted by molar-refractivity contribution is 0.961. The monoisotopic (exact) mass is 180 g/mol. The first kappa shape index (κ1) is 7.30. The van der Waals surface area contributed by atoms with Crippen molar-refractivity contribution in [1.29, 1.82) is 0 Å². The first-order valence-corrected chi connectivity index (χ1v) is 4.36. The Hall–Kier alpha value is -1.36. The van der Waals surface area contributed by atoms with E-state index in [9.17, 15) is 0 Å². The van der Waals surface area contributed by atoms with Crippen LogP contribution in [0.2, 0.25) is 0 Å². The predicted molar refractivity (Wildman–Crippen MR) is 48.4 cm³/mol. The molecule has 0 amide bonds. The molecule has 2 rings (SSSR count). The van der Waals surface area contributed by atoms with Crippen molar-refractivity contribution in [2.45, 2.75) is 6.92 Å². The summed E-state index contributed by atoms with van der Waals surface area (Å²) in [6.45, 7) is 1.93. The van der Waals surface area contributed by atoms with Gasteiger partial charge in [-0.1, -0.05) is 0 Å². The normalized spacial score (nSPS) is 10.4. The average Bonchev–Trinajstić information content (AvgIpc) is 2.58. The molecule has 0 bridgehead atoms. The van der Waals surface area contributed by atoms with E-state index in [0.29, 0.717) is 5.82 Å². The van der Waals surface area contributed by atoms with Gasteiger partial charge in [0.2, 0.25) is 0 Å². The van der Waals surface area contributed by atoms with E-state index in [-0.39, 0.29) is 0 Å². The first-order chi connectivity index (χ1) is 5.77. The molecule has 0 aliphatic heterocycles. The number of nitrogens with zero attached hydrogens (tertiary/aromatic N) is 3. The zero-order valence-electron chi connectivity index (χ0n) is 6.56. The Morgan fingerprint density at radius 1 is 1.58 bits per heavy atom. The fourth-order valence-electron chi connectivity index (χ4n) is 0.967. The minimum atomic E-state index is 0.558. The lowest BCUT2D eigenvalue weighted by Crippen LogP contribution is -1.95. The summed E-state index contributed by atoms with van der Waals surface area (Å²) in [6.07, 6.45) is 3.61. The van der Waals surface area contributed by atoms with Crippen LogP contribution in [0.25, 0.3) is 5.13 Å². The maximum atomic E-state index is 5.50. The smallest absolute Gasteiger partial charge is 0.197 e. The summed E-state index contributed by atoms with van der Waals surface area (Å²) >= 11 is 1.51. The van der Waals surface area contributed by atoms with E-state index in [1.807, 2.05) is 23.1 Å². The van der Waals surface area contributed by atoms with Crippen LogP contribution in [0.15, 0.2) is 17.8 Å². The molecule has 0 saturated heterocycles. The first-order valence-electron chi connectivity index (χ1n) is 3.48. The molecule has 0 spiro atoms. The van der Waals surface area contributed by atoms with Crippen molar-refractivity contribution >= 4 is 17.2 Å². The van der Waals surface area contributed by atoms with Crippen molar-refractivity contribution < 1.29 is 0 Å². The molecule has 0 saturated carbocycles. The van der Waals surface area contributed by atoms with Crippen LogP contribution >= 0.6 is 11.3 Å². The minimum Gasteiger partial charge on any atom is -0.383 e. The third-order valence-corrected chi connectivity index (χ3v) is 2.40. The third-order valence-electron chi connectivity index (χ3n) is 1.54. The van der Waals surface area contributed by atoms with Gasteiger partial charge in [0, 0.05) is 17.8 Å². The zero-order chi connectivity index (χ0) is 8.55. The van der Waals surface area contributed by atoms with Crippen LogP contribution in [0, 0.1) is 6.92 Å². The molecule has 0 aliphatic rings. The molecule has 0 unspecified atom stereocenters. The molecule has 62 valence electrons. The van der Waals surface area contributed by atoms with E-state index in [0.717, 1.165) is 11.0 Å². The highest BCUT2D eigenvalue weighted by atomic mass is 32.1. The molecule has 2 heterocycles. The number of hydrogen-bond acceptors (Lipinski definition) is 4. The fourth-order valence-corrected chi connectivity index (χ4v) is 1.71. The number of imidazole rings is 1. The van der Waals surface area contributed by atoms with Gasteiger partial charge >= 0.3 is 0 Å². The fraction of sp³-hybridized carbons (Fsp3) is 0.143. The quantitative estimate of drug-likeness (QED) is 0.717. The lowest BCUT2D eigenvalue weighted by Gasteiger charge is -1.96. The lowest BCUT2D eigenvalue weighted by atomic mass is 10.7. The van der Waals surface area contributed by atoms with E-state index in [4.69, 9.17) is 5.73 Å². The molecule has 0 aliphatic carbocycles. The summed E-state index contributed by atoms with van der Waals surface area (Å²) < 4.78 is 1.90. The number of nitrogen functional groups attached to an aromatic ring is 1. The number of nitrogens with two attached hydrogens (primary N) is 1. The number of thiazole rings is 1. The zero-order valence-corrected chi connectivity index (χ0v) is 7.38. The molecule has 0 fully saturated rings. The van der Waals surface area contributed by atoms with Gasteiger partial charge in [-0.3, -0.25) is 4.57 Å². The standard InChI is InChI=1S/C7H8N4S/c1-5-9-2-3-11(5)7-10-6(8)4-12-7/h2-4H,8H2,1H3. The van der Waals surface area contributed by atoms with Gasteiger partial charge < -0.3 is 5.73 Å². The molecule has 4 nitrogen and oxygen atoms in total. The van der Waals surface area contributed by atoms with Gasteiger partial charge in [-0.15, -0.1) is 11.3 Å². The molecule has 5 heteroatoms. The second-order valence-electron chi connectivity index (χ2n) is 2.40. The highest BCUT2D eigenvalue weighted by Crippen LogP contribution is 2.16. The van der Waals surface area contributed by atoms with Gasteiger partial charge in [-0.25, -0.2) is 9.97 Å². The third kappa shape index (κ3) is 1.08. The van der Waals surface area contributed by atoms with Crippen molar-refractivity contribution in [3.63, 3.8) is 0 Å². The van der Waals surface area contributed by atoms with Crippen LogP contribution in [0.1, 0.15) is 5.82 Å². The Kier molecular flexibility index (Phi) is 1.58. The van der Waals surface area contributed by atoms with E-state index >= 15 is 0 Å². The summed E-state index contributed by atoms with van der Waals surface area (Å²) in [6, 6.07) is 0. The molecule has 2 N–H and O–H groups in total. The van der Waals surface area contributed by atoms with E-state index < -0.39 is 0 Å². The van der Waals surface area contributed by atoms with E-state index in [2.05, 4.69) is 9.97 Å².